The molecule has 0 unspecified atom stereocenters. The maximum Gasteiger partial charge on any atom is 0.325 e. The van der Waals surface area contributed by atoms with Gasteiger partial charge in [-0.3, -0.25) is 47.9 Å². The van der Waals surface area contributed by atoms with Crippen molar-refractivity contribution in [2.24, 2.45) is 5.73 Å². The second kappa shape index (κ2) is 27.6. The summed E-state index contributed by atoms with van der Waals surface area (Å²) in [6, 6.07) is -3.69. The zero-order valence-corrected chi connectivity index (χ0v) is 34.6. The van der Waals surface area contributed by atoms with Gasteiger partial charge in [0.05, 0.1) is 32.5 Å². The molecule has 0 radical (unpaired) electrons. The number of carboxylic acids is 1. The maximum atomic E-state index is 13.3. The van der Waals surface area contributed by atoms with Gasteiger partial charge < -0.3 is 79.1 Å². The molecule has 0 aromatic heterocycles. The van der Waals surface area contributed by atoms with Gasteiger partial charge in [0.15, 0.2) is 0 Å². The Hall–Kier alpha value is -6.28. The van der Waals surface area contributed by atoms with Crippen LogP contribution in [-0.2, 0) is 43.2 Å². The molecule has 1 aliphatic rings. The number of aliphatic hydroxyl groups excluding tert-OH is 4. The van der Waals surface area contributed by atoms with Crippen LogP contribution in [0.5, 0.6) is 0 Å². The minimum absolute atomic E-state index is 0.0788. The van der Waals surface area contributed by atoms with Crippen LogP contribution >= 0.6 is 0 Å². The van der Waals surface area contributed by atoms with Crippen LogP contribution in [0.15, 0.2) is 30.3 Å². The summed E-state index contributed by atoms with van der Waals surface area (Å²) in [6.45, 7) is -2.25. The van der Waals surface area contributed by atoms with Gasteiger partial charge in [0.1, 0.15) is 42.3 Å². The number of aliphatic hydroxyl groups is 4. The number of hydrogen-bond donors (Lipinski definition) is 15. The van der Waals surface area contributed by atoms with E-state index in [9.17, 15) is 73.5 Å². The molecule has 0 saturated carbocycles. The van der Waals surface area contributed by atoms with Crippen LogP contribution in [0, 0.1) is 0 Å². The van der Waals surface area contributed by atoms with Crippen molar-refractivity contribution in [3.8, 4) is 0 Å². The van der Waals surface area contributed by atoms with Gasteiger partial charge in [-0.25, -0.2) is 0 Å². The van der Waals surface area contributed by atoms with Gasteiger partial charge >= 0.3 is 5.97 Å². The number of rotatable bonds is 28. The second-order valence-electron chi connectivity index (χ2n) is 14.4. The molecular formula is C38H58N10O15. The lowest BCUT2D eigenvalue weighted by molar-refractivity contribution is -0.142. The summed E-state index contributed by atoms with van der Waals surface area (Å²) in [4.78, 5) is 126. The van der Waals surface area contributed by atoms with E-state index >= 15 is 0 Å². The van der Waals surface area contributed by atoms with E-state index in [-0.39, 0.29) is 25.3 Å². The van der Waals surface area contributed by atoms with Gasteiger partial charge in [0, 0.05) is 18.5 Å². The van der Waals surface area contributed by atoms with Crippen LogP contribution in [0.4, 0.5) is 0 Å². The van der Waals surface area contributed by atoms with Crippen LogP contribution < -0.4 is 53.6 Å². The Bertz CT molecular complexity index is 1750. The van der Waals surface area contributed by atoms with Crippen molar-refractivity contribution < 1.29 is 73.5 Å². The Morgan fingerprint density at radius 3 is 1.52 bits per heavy atom. The monoisotopic (exact) mass is 894 g/mol. The summed E-state index contributed by atoms with van der Waals surface area (Å²) in [5, 5.41) is 70.0. The van der Waals surface area contributed by atoms with Crippen molar-refractivity contribution in [2.45, 2.75) is 100 Å². The molecule has 1 aliphatic heterocycles. The van der Waals surface area contributed by atoms with Crippen LogP contribution in [0.2, 0.25) is 0 Å². The average molecular weight is 895 g/mol. The minimum atomic E-state index is -1.87. The predicted molar refractivity (Wildman–Crippen MR) is 217 cm³/mol. The molecule has 0 spiro atoms. The zero-order chi connectivity index (χ0) is 47.1. The van der Waals surface area contributed by atoms with Crippen molar-refractivity contribution in [1.29, 1.82) is 0 Å². The van der Waals surface area contributed by atoms with Gasteiger partial charge in [-0.2, -0.15) is 0 Å². The summed E-state index contributed by atoms with van der Waals surface area (Å²) in [5.74, 6) is -9.93. The zero-order valence-electron chi connectivity index (χ0n) is 34.6. The Labute approximate surface area is 361 Å². The number of carboxylic acid groups (broad SMARTS) is 1. The molecule has 0 bridgehead atoms. The lowest BCUT2D eigenvalue weighted by Gasteiger charge is -2.26. The van der Waals surface area contributed by atoms with Gasteiger partial charge in [-0.1, -0.05) is 18.2 Å². The van der Waals surface area contributed by atoms with Gasteiger partial charge in [0.2, 0.25) is 47.3 Å². The van der Waals surface area contributed by atoms with E-state index in [1.165, 1.54) is 6.92 Å². The molecule has 63 heavy (non-hydrogen) atoms. The number of primary amides is 1. The fraction of sp³-hybridized carbons (Fsp3) is 0.579. The summed E-state index contributed by atoms with van der Waals surface area (Å²) in [7, 11) is 0. The quantitative estimate of drug-likeness (QED) is 0.0348. The molecule has 16 N–H and O–H groups in total. The van der Waals surface area contributed by atoms with E-state index in [2.05, 4.69) is 47.9 Å². The topological polar surface area (TPSA) is 406 Å². The van der Waals surface area contributed by atoms with Crippen LogP contribution in [0.1, 0.15) is 62.2 Å². The van der Waals surface area contributed by atoms with E-state index in [1.807, 2.05) is 0 Å². The first-order chi connectivity index (χ1) is 29.9. The summed E-state index contributed by atoms with van der Waals surface area (Å²) in [6.07, 6.45) is 0.775. The Morgan fingerprint density at radius 1 is 0.635 bits per heavy atom. The standard InChI is InChI=1S/C38H58N10O15/c1-20(38(62)63)42-32(56)23(10-5-6-14-41-30(54)21-8-3-2-4-9-21)43-34(58)26(17-50)47-37(61)28(19-52)48-36(60)27(18-51)46-33(57)24(12-13-29(39)53)44-35(59)25(16-49)45-31(55)22-11-7-15-40-22/h2-4,8-9,20,22-28,40,49-52H,5-7,10-19H2,1H3,(H2,39,53)(H,41,54)(H,42,56)(H,43,58)(H,44,59)(H,45,55)(H,46,57)(H,47,61)(H,48,60)(H,62,63)/t20-,22-,23-,24-,25-,26-,27-,28-/m0/s1. The Balaban J connectivity index is 2.07. The molecule has 1 aromatic rings. The van der Waals surface area contributed by atoms with Crippen molar-refractivity contribution in [2.75, 3.05) is 39.5 Å². The molecule has 350 valence electrons. The van der Waals surface area contributed by atoms with E-state index in [0.29, 0.717) is 31.4 Å². The molecule has 1 fully saturated rings. The van der Waals surface area contributed by atoms with Crippen molar-refractivity contribution in [3.05, 3.63) is 35.9 Å². The number of carbonyl (C=O) groups is 10. The summed E-state index contributed by atoms with van der Waals surface area (Å²) in [5.41, 5.74) is 5.63. The van der Waals surface area contributed by atoms with E-state index < -0.39 is 141 Å². The Kier molecular flexibility index (Phi) is 23.2. The molecule has 0 aliphatic carbocycles. The number of hydrogen-bond acceptors (Lipinski definition) is 15. The first-order valence-electron chi connectivity index (χ1n) is 20.1. The Morgan fingerprint density at radius 2 is 1.08 bits per heavy atom. The number of unbranched alkanes of at least 4 members (excludes halogenated alkanes) is 1. The summed E-state index contributed by atoms with van der Waals surface area (Å²) >= 11 is 0. The van der Waals surface area contributed by atoms with E-state index in [4.69, 9.17) is 5.73 Å². The fourth-order valence-electron chi connectivity index (χ4n) is 5.89. The van der Waals surface area contributed by atoms with Crippen LogP contribution in [0.25, 0.3) is 0 Å². The first-order valence-corrected chi connectivity index (χ1v) is 20.1. The third kappa shape index (κ3) is 18.3. The highest BCUT2D eigenvalue weighted by atomic mass is 16.4. The number of aliphatic carboxylic acids is 1. The SMILES string of the molecule is C[C@H](NC(=O)[C@H](CCCCNC(=O)c1ccccc1)NC(=O)[C@H](CO)NC(=O)[C@H](CO)NC(=O)[C@H](CO)NC(=O)[C@H](CCC(N)=O)NC(=O)[C@H](CO)NC(=O)[C@@H]1CCCN1)C(=O)O. The van der Waals surface area contributed by atoms with Crippen LogP contribution in [0.3, 0.4) is 0 Å². The highest BCUT2D eigenvalue weighted by Gasteiger charge is 2.34. The lowest BCUT2D eigenvalue weighted by atomic mass is 10.1. The second-order valence-corrected chi connectivity index (χ2v) is 14.4. The van der Waals surface area contributed by atoms with E-state index in [0.717, 1.165) is 0 Å². The predicted octanol–water partition coefficient (Wildman–Crippen LogP) is -6.93. The molecule has 1 heterocycles. The van der Waals surface area contributed by atoms with Gasteiger partial charge in [0.25, 0.3) is 5.91 Å². The molecule has 1 saturated heterocycles. The minimum Gasteiger partial charge on any atom is -0.480 e. The number of benzene rings is 1. The third-order valence-electron chi connectivity index (χ3n) is 9.55. The van der Waals surface area contributed by atoms with Gasteiger partial charge in [-0.05, 0) is 64.1 Å². The number of carbonyl (C=O) groups excluding carboxylic acids is 9. The molecule has 1 aromatic carbocycles. The number of nitrogens with one attached hydrogen (secondary N) is 9. The average Bonchev–Trinajstić information content (AvgIpc) is 3.81. The highest BCUT2D eigenvalue weighted by molar-refractivity contribution is 5.98. The number of amides is 9. The van der Waals surface area contributed by atoms with Crippen molar-refractivity contribution >= 4 is 59.1 Å². The first kappa shape index (κ1) is 52.9. The van der Waals surface area contributed by atoms with E-state index in [1.54, 1.807) is 30.3 Å². The smallest absolute Gasteiger partial charge is 0.325 e. The third-order valence-corrected chi connectivity index (χ3v) is 9.55. The normalized spacial score (nSPS) is 16.6. The van der Waals surface area contributed by atoms with Gasteiger partial charge in [-0.15, -0.1) is 0 Å². The van der Waals surface area contributed by atoms with Crippen LogP contribution in [-0.4, -0.2) is 173 Å². The fourth-order valence-corrected chi connectivity index (χ4v) is 5.89. The molecule has 8 atom stereocenters. The van der Waals surface area contributed by atoms with Crippen molar-refractivity contribution in [3.63, 3.8) is 0 Å². The largest absolute Gasteiger partial charge is 0.480 e. The molecule has 9 amide bonds. The number of nitrogens with two attached hydrogens (primary N) is 1. The molecule has 2 rings (SSSR count). The summed E-state index contributed by atoms with van der Waals surface area (Å²) < 4.78 is 0. The van der Waals surface area contributed by atoms with Crippen molar-refractivity contribution in [1.82, 2.24) is 47.9 Å². The molecule has 25 heteroatoms. The lowest BCUT2D eigenvalue weighted by Crippen LogP contribution is -2.61. The maximum absolute atomic E-state index is 13.3. The highest BCUT2D eigenvalue weighted by Crippen LogP contribution is 2.07. The molecular weight excluding hydrogens is 836 g/mol. The molecule has 25 nitrogen and oxygen atoms in total.